The lowest BCUT2D eigenvalue weighted by Crippen LogP contribution is -2.41. The molecule has 12 heteroatoms. The van der Waals surface area contributed by atoms with Gasteiger partial charge in [0.1, 0.15) is 29.3 Å². The number of aliphatic hydroxyl groups excluding tert-OH is 1. The molecule has 2 fully saturated rings. The fraction of sp³-hybridized carbons (Fsp3) is 0.579. The van der Waals surface area contributed by atoms with Crippen molar-refractivity contribution < 1.29 is 23.9 Å². The van der Waals surface area contributed by atoms with Gasteiger partial charge < -0.3 is 24.4 Å². The van der Waals surface area contributed by atoms with Crippen LogP contribution in [0, 0.1) is 0 Å². The van der Waals surface area contributed by atoms with E-state index in [1.165, 1.54) is 11.0 Å². The minimum absolute atomic E-state index is 0.0716. The summed E-state index contributed by atoms with van der Waals surface area (Å²) in [6.07, 6.45) is -1.39. The van der Waals surface area contributed by atoms with E-state index < -0.39 is 18.2 Å². The first-order chi connectivity index (χ1) is 14.9. The molecular formula is C19H25ClN6O5. The summed E-state index contributed by atoms with van der Waals surface area (Å²) in [6.45, 7) is 7.36. The van der Waals surface area contributed by atoms with E-state index in [2.05, 4.69) is 25.3 Å². The van der Waals surface area contributed by atoms with Gasteiger partial charge in [0.2, 0.25) is 5.95 Å². The Kier molecular flexibility index (Phi) is 6.56. The van der Waals surface area contributed by atoms with Crippen LogP contribution in [-0.4, -0.2) is 76.3 Å². The van der Waals surface area contributed by atoms with Crippen molar-refractivity contribution in [2.75, 3.05) is 43.1 Å². The summed E-state index contributed by atoms with van der Waals surface area (Å²) < 4.78 is 15.9. The van der Waals surface area contributed by atoms with E-state index in [4.69, 9.17) is 25.6 Å². The van der Waals surface area contributed by atoms with E-state index in [9.17, 15) is 9.90 Å². The largest absolute Gasteiger partial charge is 0.447 e. The van der Waals surface area contributed by atoms with Gasteiger partial charge in [0.25, 0.3) is 0 Å². The maximum absolute atomic E-state index is 12.2. The van der Waals surface area contributed by atoms with E-state index in [0.29, 0.717) is 25.5 Å². The van der Waals surface area contributed by atoms with E-state index in [0.717, 1.165) is 18.8 Å². The van der Waals surface area contributed by atoms with Crippen molar-refractivity contribution in [3.63, 3.8) is 0 Å². The number of morpholine rings is 1. The first kappa shape index (κ1) is 21.8. The molecule has 2 aromatic rings. The van der Waals surface area contributed by atoms with Crippen LogP contribution in [0.4, 0.5) is 16.6 Å². The molecule has 1 unspecified atom stereocenters. The molecule has 0 spiro atoms. The molecule has 0 aliphatic carbocycles. The lowest BCUT2D eigenvalue weighted by atomic mass is 10.2. The summed E-state index contributed by atoms with van der Waals surface area (Å²) in [6, 6.07) is 2.52. The number of amides is 1. The number of halogens is 1. The zero-order valence-electron chi connectivity index (χ0n) is 17.3. The topological polar surface area (TPSA) is 126 Å². The zero-order chi connectivity index (χ0) is 22.0. The molecule has 4 rings (SSSR count). The van der Waals surface area contributed by atoms with Crippen molar-refractivity contribution in [1.29, 1.82) is 0 Å². The van der Waals surface area contributed by atoms with Crippen molar-refractivity contribution in [2.24, 2.45) is 0 Å². The summed E-state index contributed by atoms with van der Waals surface area (Å²) in [5, 5.41) is 17.4. The number of carbonyl (C=O) groups excluding carboxylic acids is 1. The van der Waals surface area contributed by atoms with Crippen LogP contribution in [0.2, 0.25) is 5.15 Å². The molecule has 4 heterocycles. The van der Waals surface area contributed by atoms with Gasteiger partial charge in [-0.25, -0.2) is 9.78 Å². The normalized spacial score (nSPS) is 21.7. The van der Waals surface area contributed by atoms with Crippen LogP contribution in [0.15, 0.2) is 16.7 Å². The number of rotatable bonds is 7. The Morgan fingerprint density at radius 2 is 2.06 bits per heavy atom. The highest BCUT2D eigenvalue weighted by Gasteiger charge is 2.38. The average Bonchev–Trinajstić information content (AvgIpc) is 3.35. The van der Waals surface area contributed by atoms with Gasteiger partial charge in [-0.15, -0.1) is 0 Å². The predicted octanol–water partition coefficient (Wildman–Crippen LogP) is 1.83. The maximum Gasteiger partial charge on any atom is 0.416 e. The first-order valence-electron chi connectivity index (χ1n) is 10.1. The van der Waals surface area contributed by atoms with E-state index in [1.54, 1.807) is 6.92 Å². The highest BCUT2D eigenvalue weighted by atomic mass is 35.5. The third-order valence-corrected chi connectivity index (χ3v) is 5.43. The molecular weight excluding hydrogens is 428 g/mol. The number of anilines is 2. The molecule has 0 saturated carbocycles. The first-order valence-corrected chi connectivity index (χ1v) is 10.5. The fourth-order valence-electron chi connectivity index (χ4n) is 3.50. The van der Waals surface area contributed by atoms with Crippen LogP contribution < -0.4 is 10.2 Å². The van der Waals surface area contributed by atoms with Crippen molar-refractivity contribution in [1.82, 2.24) is 20.0 Å². The van der Waals surface area contributed by atoms with Crippen LogP contribution in [-0.2, 0) is 16.0 Å². The minimum atomic E-state index is -0.796. The molecule has 11 nitrogen and oxygen atoms in total. The summed E-state index contributed by atoms with van der Waals surface area (Å²) in [5.74, 6) is 1.23. The van der Waals surface area contributed by atoms with Crippen LogP contribution in [0.3, 0.4) is 0 Å². The quantitative estimate of drug-likeness (QED) is 0.600. The molecule has 3 atom stereocenters. The number of hydrogen-bond acceptors (Lipinski definition) is 10. The number of aliphatic hydroxyl groups is 1. The molecule has 0 bridgehead atoms. The zero-order valence-corrected chi connectivity index (χ0v) is 18.1. The Balaban J connectivity index is 1.46. The number of ether oxygens (including phenoxy) is 2. The lowest BCUT2D eigenvalue weighted by Gasteiger charge is -2.25. The minimum Gasteiger partial charge on any atom is -0.447 e. The van der Waals surface area contributed by atoms with Crippen LogP contribution >= 0.6 is 11.6 Å². The van der Waals surface area contributed by atoms with Crippen molar-refractivity contribution in [3.8, 4) is 0 Å². The molecule has 2 aliphatic heterocycles. The molecule has 2 aromatic heterocycles. The van der Waals surface area contributed by atoms with Gasteiger partial charge in [-0.1, -0.05) is 16.8 Å². The Hall–Kier alpha value is -2.47. The monoisotopic (exact) mass is 452 g/mol. The summed E-state index contributed by atoms with van der Waals surface area (Å²) in [5.41, 5.74) is 0.691. The standard InChI is InChI=1S/C19H25ClN6O5/c1-11(14-7-13(31-24-14)9-25-3-5-29-6-4-25)21-18-22-16(20)8-17(23-18)26-15(12(2)27)10-30-19(26)28/h7-8,11-12,15,27H,3-6,9-10H2,1-2H3,(H,21,22,23)/t11-,12-,15?/m1/s1. The van der Waals surface area contributed by atoms with Gasteiger partial charge in [0, 0.05) is 25.2 Å². The third kappa shape index (κ3) is 5.06. The van der Waals surface area contributed by atoms with Crippen molar-refractivity contribution >= 4 is 29.5 Å². The van der Waals surface area contributed by atoms with Crippen LogP contribution in [0.25, 0.3) is 0 Å². The highest BCUT2D eigenvalue weighted by molar-refractivity contribution is 6.29. The lowest BCUT2D eigenvalue weighted by molar-refractivity contribution is 0.0305. The molecule has 2 saturated heterocycles. The molecule has 31 heavy (non-hydrogen) atoms. The second-order valence-electron chi connectivity index (χ2n) is 7.60. The fourth-order valence-corrected chi connectivity index (χ4v) is 3.68. The van der Waals surface area contributed by atoms with Crippen molar-refractivity contribution in [2.45, 2.75) is 38.6 Å². The second-order valence-corrected chi connectivity index (χ2v) is 7.99. The Bertz CT molecular complexity index is 919. The number of hydrogen-bond donors (Lipinski definition) is 2. The number of aromatic nitrogens is 3. The van der Waals surface area contributed by atoms with Gasteiger partial charge >= 0.3 is 6.09 Å². The van der Waals surface area contributed by atoms with Gasteiger partial charge in [0.05, 0.1) is 31.9 Å². The predicted molar refractivity (Wildman–Crippen MR) is 111 cm³/mol. The van der Waals surface area contributed by atoms with E-state index in [1.807, 2.05) is 13.0 Å². The Labute approximate surface area is 184 Å². The molecule has 1 amide bonds. The van der Waals surface area contributed by atoms with Crippen LogP contribution in [0.5, 0.6) is 0 Å². The highest BCUT2D eigenvalue weighted by Crippen LogP contribution is 2.27. The summed E-state index contributed by atoms with van der Waals surface area (Å²) in [7, 11) is 0. The number of nitrogens with one attached hydrogen (secondary N) is 1. The SMILES string of the molecule is C[C@@H](Nc1nc(Cl)cc(N2C(=O)OCC2[C@@H](C)O)n1)c1cc(CN2CCOCC2)on1. The molecule has 168 valence electrons. The van der Waals surface area contributed by atoms with Crippen molar-refractivity contribution in [3.05, 3.63) is 28.7 Å². The maximum atomic E-state index is 12.2. The molecule has 2 N–H and O–H groups in total. The molecule has 2 aliphatic rings. The summed E-state index contributed by atoms with van der Waals surface area (Å²) >= 11 is 6.16. The van der Waals surface area contributed by atoms with E-state index >= 15 is 0 Å². The van der Waals surface area contributed by atoms with Gasteiger partial charge in [-0.2, -0.15) is 4.98 Å². The summed E-state index contributed by atoms with van der Waals surface area (Å²) in [4.78, 5) is 24.3. The number of nitrogens with zero attached hydrogens (tertiary/aromatic N) is 5. The van der Waals surface area contributed by atoms with Crippen LogP contribution in [0.1, 0.15) is 31.3 Å². The Morgan fingerprint density at radius 1 is 1.29 bits per heavy atom. The van der Waals surface area contributed by atoms with Gasteiger partial charge in [-0.05, 0) is 13.8 Å². The average molecular weight is 453 g/mol. The second kappa shape index (κ2) is 9.35. The number of cyclic esters (lactones) is 1. The van der Waals surface area contributed by atoms with Gasteiger partial charge in [0.15, 0.2) is 5.76 Å². The molecule has 0 aromatic carbocycles. The van der Waals surface area contributed by atoms with Gasteiger partial charge in [-0.3, -0.25) is 9.80 Å². The molecule has 0 radical (unpaired) electrons. The number of carbonyl (C=O) groups is 1. The third-order valence-electron chi connectivity index (χ3n) is 5.24. The Morgan fingerprint density at radius 3 is 2.81 bits per heavy atom. The smallest absolute Gasteiger partial charge is 0.416 e. The van der Waals surface area contributed by atoms with E-state index in [-0.39, 0.29) is 29.6 Å².